The molecule has 1 unspecified atom stereocenters. The van der Waals surface area contributed by atoms with Crippen molar-refractivity contribution in [3.05, 3.63) is 52.4 Å². The van der Waals surface area contributed by atoms with E-state index in [1.54, 1.807) is 31.4 Å². The zero-order valence-corrected chi connectivity index (χ0v) is 13.2. The summed E-state index contributed by atoms with van der Waals surface area (Å²) in [5.41, 5.74) is 6.52. The highest BCUT2D eigenvalue weighted by Gasteiger charge is 2.16. The van der Waals surface area contributed by atoms with Crippen molar-refractivity contribution in [3.8, 4) is 5.75 Å². The first-order valence-corrected chi connectivity index (χ1v) is 7.34. The molecule has 5 nitrogen and oxygen atoms in total. The van der Waals surface area contributed by atoms with Gasteiger partial charge in [0.25, 0.3) is 5.91 Å². The molecule has 0 radical (unpaired) electrons. The summed E-state index contributed by atoms with van der Waals surface area (Å²) in [6, 6.07) is 9.09. The molecule has 1 aromatic carbocycles. The summed E-state index contributed by atoms with van der Waals surface area (Å²) >= 11 is 3.38. The average Bonchev–Trinajstić information content (AvgIpc) is 2.99. The minimum Gasteiger partial charge on any atom is -0.481 e. The summed E-state index contributed by atoms with van der Waals surface area (Å²) in [6.45, 7) is 2.37. The highest BCUT2D eigenvalue weighted by Crippen LogP contribution is 2.23. The molecule has 2 aromatic rings. The standard InChI is InChI=1S/C15H17BrN2O3/c1-10(15(19)18-9-13-3-2-6-20-13)21-14-5-4-12(16)7-11(14)8-17/h2-7,10H,8-9,17H2,1H3,(H,18,19). The molecule has 0 fully saturated rings. The number of hydrogen-bond acceptors (Lipinski definition) is 4. The van der Waals surface area contributed by atoms with Crippen LogP contribution >= 0.6 is 15.9 Å². The van der Waals surface area contributed by atoms with Crippen LogP contribution < -0.4 is 15.8 Å². The number of ether oxygens (including phenoxy) is 1. The number of benzene rings is 1. The van der Waals surface area contributed by atoms with Crippen LogP contribution in [-0.4, -0.2) is 12.0 Å². The molecule has 21 heavy (non-hydrogen) atoms. The van der Waals surface area contributed by atoms with Crippen LogP contribution in [0.15, 0.2) is 45.5 Å². The molecular formula is C15H17BrN2O3. The minimum atomic E-state index is -0.619. The number of hydrogen-bond donors (Lipinski definition) is 2. The average molecular weight is 353 g/mol. The highest BCUT2D eigenvalue weighted by molar-refractivity contribution is 9.10. The molecule has 6 heteroatoms. The van der Waals surface area contributed by atoms with E-state index >= 15 is 0 Å². The van der Waals surface area contributed by atoms with Crippen molar-refractivity contribution in [2.24, 2.45) is 5.73 Å². The smallest absolute Gasteiger partial charge is 0.261 e. The second-order valence-electron chi connectivity index (χ2n) is 4.51. The van der Waals surface area contributed by atoms with Gasteiger partial charge in [-0.1, -0.05) is 15.9 Å². The lowest BCUT2D eigenvalue weighted by Crippen LogP contribution is -2.36. The van der Waals surface area contributed by atoms with Crippen LogP contribution in [0.3, 0.4) is 0 Å². The molecule has 0 aliphatic carbocycles. The third-order valence-electron chi connectivity index (χ3n) is 2.93. The number of rotatable bonds is 6. The first-order valence-electron chi connectivity index (χ1n) is 6.55. The molecular weight excluding hydrogens is 336 g/mol. The maximum atomic E-state index is 12.0. The maximum absolute atomic E-state index is 12.0. The van der Waals surface area contributed by atoms with Crippen LogP contribution in [0.1, 0.15) is 18.2 Å². The molecule has 0 spiro atoms. The molecule has 0 saturated carbocycles. The number of carbonyl (C=O) groups is 1. The summed E-state index contributed by atoms with van der Waals surface area (Å²) in [6.07, 6.45) is 0.947. The topological polar surface area (TPSA) is 77.5 Å². The Labute approximate surface area is 131 Å². The van der Waals surface area contributed by atoms with Gasteiger partial charge >= 0.3 is 0 Å². The van der Waals surface area contributed by atoms with Gasteiger partial charge in [-0.2, -0.15) is 0 Å². The van der Waals surface area contributed by atoms with Crippen LogP contribution in [0.25, 0.3) is 0 Å². The molecule has 0 aliphatic heterocycles. The van der Waals surface area contributed by atoms with E-state index < -0.39 is 6.10 Å². The number of amides is 1. The zero-order valence-electron chi connectivity index (χ0n) is 11.6. The highest BCUT2D eigenvalue weighted by atomic mass is 79.9. The van der Waals surface area contributed by atoms with Crippen molar-refractivity contribution in [3.63, 3.8) is 0 Å². The maximum Gasteiger partial charge on any atom is 0.261 e. The lowest BCUT2D eigenvalue weighted by Gasteiger charge is -2.16. The Morgan fingerprint density at radius 3 is 2.95 bits per heavy atom. The SMILES string of the molecule is CC(Oc1ccc(Br)cc1CN)C(=O)NCc1ccco1. The summed E-state index contributed by atoms with van der Waals surface area (Å²) in [5.74, 6) is 1.10. The van der Waals surface area contributed by atoms with E-state index in [1.165, 1.54) is 0 Å². The number of carbonyl (C=O) groups excluding carboxylic acids is 1. The molecule has 112 valence electrons. The van der Waals surface area contributed by atoms with Gasteiger partial charge < -0.3 is 20.2 Å². The molecule has 3 N–H and O–H groups in total. The van der Waals surface area contributed by atoms with E-state index in [-0.39, 0.29) is 5.91 Å². The van der Waals surface area contributed by atoms with Crippen molar-refractivity contribution in [2.75, 3.05) is 0 Å². The van der Waals surface area contributed by atoms with E-state index in [1.807, 2.05) is 12.1 Å². The molecule has 1 heterocycles. The molecule has 1 aromatic heterocycles. The van der Waals surface area contributed by atoms with E-state index in [0.717, 1.165) is 10.0 Å². The lowest BCUT2D eigenvalue weighted by molar-refractivity contribution is -0.127. The largest absolute Gasteiger partial charge is 0.481 e. The summed E-state index contributed by atoms with van der Waals surface area (Å²) in [4.78, 5) is 12.0. The van der Waals surface area contributed by atoms with Gasteiger partial charge in [-0.15, -0.1) is 0 Å². The number of nitrogens with two attached hydrogens (primary N) is 1. The second kappa shape index (κ2) is 7.28. The van der Waals surface area contributed by atoms with Crippen LogP contribution in [0, 0.1) is 0 Å². The predicted octanol–water partition coefficient (Wildman–Crippen LogP) is 2.58. The van der Waals surface area contributed by atoms with Crippen LogP contribution in [0.2, 0.25) is 0 Å². The van der Waals surface area contributed by atoms with Gasteiger partial charge in [0.05, 0.1) is 12.8 Å². The summed E-state index contributed by atoms with van der Waals surface area (Å²) in [7, 11) is 0. The Morgan fingerprint density at radius 1 is 1.48 bits per heavy atom. The zero-order chi connectivity index (χ0) is 15.2. The Bertz CT molecular complexity index is 599. The Kier molecular flexibility index (Phi) is 5.41. The first kappa shape index (κ1) is 15.6. The molecule has 1 atom stereocenters. The van der Waals surface area contributed by atoms with E-state index in [0.29, 0.717) is 24.6 Å². The fourth-order valence-electron chi connectivity index (χ4n) is 1.80. The Morgan fingerprint density at radius 2 is 2.29 bits per heavy atom. The fraction of sp³-hybridized carbons (Fsp3) is 0.267. The van der Waals surface area contributed by atoms with Gasteiger partial charge in [0.1, 0.15) is 11.5 Å². The van der Waals surface area contributed by atoms with Gasteiger partial charge in [0, 0.05) is 16.6 Å². The van der Waals surface area contributed by atoms with E-state index in [9.17, 15) is 4.79 Å². The molecule has 0 saturated heterocycles. The van der Waals surface area contributed by atoms with Crippen molar-refractivity contribution in [1.29, 1.82) is 0 Å². The van der Waals surface area contributed by atoms with E-state index in [2.05, 4.69) is 21.2 Å². The van der Waals surface area contributed by atoms with E-state index in [4.69, 9.17) is 14.9 Å². The molecule has 1 amide bonds. The lowest BCUT2D eigenvalue weighted by atomic mass is 10.2. The number of furan rings is 1. The van der Waals surface area contributed by atoms with Crippen molar-refractivity contribution >= 4 is 21.8 Å². The van der Waals surface area contributed by atoms with Gasteiger partial charge in [0.2, 0.25) is 0 Å². The molecule has 0 bridgehead atoms. The predicted molar refractivity (Wildman–Crippen MR) is 82.7 cm³/mol. The quantitative estimate of drug-likeness (QED) is 0.837. The first-order chi connectivity index (χ1) is 10.1. The number of halogens is 1. The van der Waals surface area contributed by atoms with Gasteiger partial charge in [-0.05, 0) is 37.3 Å². The third-order valence-corrected chi connectivity index (χ3v) is 3.43. The van der Waals surface area contributed by atoms with Crippen molar-refractivity contribution in [2.45, 2.75) is 26.1 Å². The van der Waals surface area contributed by atoms with Gasteiger partial charge in [0.15, 0.2) is 6.10 Å². The van der Waals surface area contributed by atoms with Crippen molar-refractivity contribution in [1.82, 2.24) is 5.32 Å². The normalized spacial score (nSPS) is 12.0. The molecule has 0 aliphatic rings. The van der Waals surface area contributed by atoms with Gasteiger partial charge in [-0.25, -0.2) is 0 Å². The van der Waals surface area contributed by atoms with Crippen LogP contribution in [-0.2, 0) is 17.9 Å². The van der Waals surface area contributed by atoms with Crippen molar-refractivity contribution < 1.29 is 13.9 Å². The number of nitrogens with one attached hydrogen (secondary N) is 1. The minimum absolute atomic E-state index is 0.211. The molecule has 2 rings (SSSR count). The Hall–Kier alpha value is -1.79. The second-order valence-corrected chi connectivity index (χ2v) is 5.43. The van der Waals surface area contributed by atoms with Crippen LogP contribution in [0.5, 0.6) is 5.75 Å². The van der Waals surface area contributed by atoms with Gasteiger partial charge in [-0.3, -0.25) is 4.79 Å². The van der Waals surface area contributed by atoms with Crippen LogP contribution in [0.4, 0.5) is 0 Å². The fourth-order valence-corrected chi connectivity index (χ4v) is 2.21. The third kappa shape index (κ3) is 4.34. The monoisotopic (exact) mass is 352 g/mol. The summed E-state index contributed by atoms with van der Waals surface area (Å²) < 4.78 is 11.8. The Balaban J connectivity index is 1.94. The summed E-state index contributed by atoms with van der Waals surface area (Å²) in [5, 5.41) is 2.76.